The summed E-state index contributed by atoms with van der Waals surface area (Å²) in [4.78, 5) is 0. The second-order valence-electron chi connectivity index (χ2n) is 4.51. The number of nitrogens with one attached hydrogen (secondary N) is 1. The highest BCUT2D eigenvalue weighted by Crippen LogP contribution is 2.44. The van der Waals surface area contributed by atoms with Crippen molar-refractivity contribution in [3.8, 4) is 0 Å². The number of fused-ring (bicyclic) bond motifs is 2. The van der Waals surface area contributed by atoms with E-state index in [1.54, 1.807) is 0 Å². The normalized spacial score (nSPS) is 37.6. The van der Waals surface area contributed by atoms with Crippen molar-refractivity contribution in [2.45, 2.75) is 37.8 Å². The van der Waals surface area contributed by atoms with Gasteiger partial charge in [0.25, 0.3) is 0 Å². The van der Waals surface area contributed by atoms with Gasteiger partial charge in [0.2, 0.25) is 0 Å². The van der Waals surface area contributed by atoms with Crippen LogP contribution in [0.25, 0.3) is 0 Å². The maximum absolute atomic E-state index is 8.93. The van der Waals surface area contributed by atoms with Gasteiger partial charge in [-0.15, -0.1) is 0 Å². The van der Waals surface area contributed by atoms with Gasteiger partial charge in [0.05, 0.1) is 19.3 Å². The Morgan fingerprint density at radius 1 is 1.15 bits per heavy atom. The van der Waals surface area contributed by atoms with Crippen LogP contribution in [0.5, 0.6) is 0 Å². The molecule has 0 spiro atoms. The molecule has 2 rings (SSSR count). The minimum absolute atomic E-state index is 0.0460. The van der Waals surface area contributed by atoms with E-state index in [9.17, 15) is 0 Å². The molecule has 0 amide bonds. The number of rotatable bonds is 4. The third-order valence-corrected chi connectivity index (χ3v) is 3.63. The number of aliphatic hydroxyl groups excluding tert-OH is 2. The van der Waals surface area contributed by atoms with Crippen molar-refractivity contribution >= 4 is 0 Å². The van der Waals surface area contributed by atoms with E-state index in [-0.39, 0.29) is 19.3 Å². The van der Waals surface area contributed by atoms with Crippen molar-refractivity contribution in [2.24, 2.45) is 11.8 Å². The van der Waals surface area contributed by atoms with Crippen molar-refractivity contribution in [1.29, 1.82) is 0 Å². The monoisotopic (exact) mass is 185 g/mol. The van der Waals surface area contributed by atoms with E-state index in [0.717, 1.165) is 11.8 Å². The van der Waals surface area contributed by atoms with E-state index in [0.29, 0.717) is 6.04 Å². The first-order valence-electron chi connectivity index (χ1n) is 5.31. The van der Waals surface area contributed by atoms with Crippen LogP contribution in [-0.4, -0.2) is 35.5 Å². The molecule has 13 heavy (non-hydrogen) atoms. The van der Waals surface area contributed by atoms with Crippen LogP contribution in [0.1, 0.15) is 25.7 Å². The summed E-state index contributed by atoms with van der Waals surface area (Å²) >= 11 is 0. The lowest BCUT2D eigenvalue weighted by atomic mass is 9.95. The van der Waals surface area contributed by atoms with Gasteiger partial charge >= 0.3 is 0 Å². The van der Waals surface area contributed by atoms with Gasteiger partial charge in [0.1, 0.15) is 0 Å². The van der Waals surface area contributed by atoms with Crippen molar-refractivity contribution < 1.29 is 10.2 Å². The molecule has 2 aliphatic carbocycles. The lowest BCUT2D eigenvalue weighted by Gasteiger charge is -2.26. The average molecular weight is 185 g/mol. The van der Waals surface area contributed by atoms with E-state index in [1.165, 1.54) is 25.7 Å². The minimum atomic E-state index is -0.107. The predicted octanol–water partition coefficient (Wildman–Crippen LogP) is 0.118. The minimum Gasteiger partial charge on any atom is -0.395 e. The van der Waals surface area contributed by atoms with Crippen LogP contribution in [-0.2, 0) is 0 Å². The molecule has 2 saturated carbocycles. The molecule has 3 atom stereocenters. The number of aliphatic hydroxyl groups is 2. The van der Waals surface area contributed by atoms with Gasteiger partial charge in [-0.3, -0.25) is 0 Å². The third-order valence-electron chi connectivity index (χ3n) is 3.63. The summed E-state index contributed by atoms with van der Waals surface area (Å²) in [6, 6.07) is 0.451. The fourth-order valence-corrected chi connectivity index (χ4v) is 2.91. The molecule has 3 N–H and O–H groups in total. The maximum Gasteiger partial charge on any atom is 0.0607 e. The summed E-state index contributed by atoms with van der Waals surface area (Å²) in [5, 5.41) is 21.2. The van der Waals surface area contributed by atoms with Gasteiger partial charge in [-0.25, -0.2) is 0 Å². The molecule has 0 aromatic carbocycles. The molecule has 2 fully saturated rings. The topological polar surface area (TPSA) is 52.5 Å². The summed E-state index contributed by atoms with van der Waals surface area (Å²) < 4.78 is 0. The molecule has 76 valence electrons. The molecule has 2 bridgehead atoms. The number of hydrogen-bond donors (Lipinski definition) is 3. The Morgan fingerprint density at radius 2 is 1.92 bits per heavy atom. The Labute approximate surface area is 79.2 Å². The van der Waals surface area contributed by atoms with E-state index in [1.807, 2.05) is 0 Å². The van der Waals surface area contributed by atoms with Crippen LogP contribution < -0.4 is 5.32 Å². The first-order chi connectivity index (χ1) is 6.33. The summed E-state index contributed by atoms with van der Waals surface area (Å²) in [7, 11) is 0. The van der Waals surface area contributed by atoms with Crippen molar-refractivity contribution in [1.82, 2.24) is 5.32 Å². The zero-order chi connectivity index (χ0) is 9.26. The van der Waals surface area contributed by atoms with Crippen LogP contribution in [0.3, 0.4) is 0 Å². The highest BCUT2D eigenvalue weighted by molar-refractivity contribution is 4.95. The first kappa shape index (κ1) is 9.44. The zero-order valence-corrected chi connectivity index (χ0v) is 7.95. The SMILES string of the molecule is OCC(CO)N[C@H]1C[C@H]2CC[C@@H]1C2. The van der Waals surface area contributed by atoms with Gasteiger partial charge in [-0.05, 0) is 31.1 Å². The lowest BCUT2D eigenvalue weighted by molar-refractivity contribution is 0.152. The Morgan fingerprint density at radius 3 is 2.38 bits per heavy atom. The van der Waals surface area contributed by atoms with Gasteiger partial charge in [0.15, 0.2) is 0 Å². The molecular formula is C10H19NO2. The fraction of sp³-hybridized carbons (Fsp3) is 1.00. The summed E-state index contributed by atoms with van der Waals surface area (Å²) in [5.74, 6) is 1.73. The molecule has 3 heteroatoms. The van der Waals surface area contributed by atoms with Crippen molar-refractivity contribution in [3.63, 3.8) is 0 Å². The zero-order valence-electron chi connectivity index (χ0n) is 7.95. The number of hydrogen-bond acceptors (Lipinski definition) is 3. The van der Waals surface area contributed by atoms with Crippen molar-refractivity contribution in [2.75, 3.05) is 13.2 Å². The van der Waals surface area contributed by atoms with Gasteiger partial charge in [0, 0.05) is 6.04 Å². The van der Waals surface area contributed by atoms with Gasteiger partial charge in [-0.1, -0.05) is 6.42 Å². The Hall–Kier alpha value is -0.120. The van der Waals surface area contributed by atoms with E-state index in [2.05, 4.69) is 5.32 Å². The summed E-state index contributed by atoms with van der Waals surface area (Å²) in [6.07, 6.45) is 5.35. The van der Waals surface area contributed by atoms with Crippen LogP contribution in [0.15, 0.2) is 0 Å². The Bertz CT molecular complexity index is 170. The summed E-state index contributed by atoms with van der Waals surface area (Å²) in [5.41, 5.74) is 0. The standard InChI is InChI=1S/C10H19NO2/c12-5-9(6-13)11-10-4-7-1-2-8(10)3-7/h7-13H,1-6H2/t7-,8+,10-/m0/s1. The average Bonchev–Trinajstić information content (AvgIpc) is 2.75. The fourth-order valence-electron chi connectivity index (χ4n) is 2.91. The lowest BCUT2D eigenvalue weighted by Crippen LogP contribution is -2.45. The smallest absolute Gasteiger partial charge is 0.0607 e. The van der Waals surface area contributed by atoms with Crippen LogP contribution in [0.2, 0.25) is 0 Å². The second-order valence-corrected chi connectivity index (χ2v) is 4.51. The Balaban J connectivity index is 1.82. The van der Waals surface area contributed by atoms with Crippen LogP contribution in [0.4, 0.5) is 0 Å². The molecule has 0 aromatic rings. The van der Waals surface area contributed by atoms with E-state index in [4.69, 9.17) is 10.2 Å². The molecule has 0 heterocycles. The quantitative estimate of drug-likeness (QED) is 0.583. The first-order valence-corrected chi connectivity index (χ1v) is 5.31. The molecule has 2 aliphatic rings. The highest BCUT2D eigenvalue weighted by Gasteiger charge is 2.39. The highest BCUT2D eigenvalue weighted by atomic mass is 16.3. The molecule has 3 nitrogen and oxygen atoms in total. The third kappa shape index (κ3) is 1.87. The Kier molecular flexibility index (Phi) is 2.86. The molecule has 0 aliphatic heterocycles. The molecule has 0 saturated heterocycles. The van der Waals surface area contributed by atoms with Crippen LogP contribution in [0, 0.1) is 11.8 Å². The van der Waals surface area contributed by atoms with Gasteiger partial charge < -0.3 is 15.5 Å². The molecular weight excluding hydrogens is 166 g/mol. The van der Waals surface area contributed by atoms with E-state index >= 15 is 0 Å². The summed E-state index contributed by atoms with van der Waals surface area (Å²) in [6.45, 7) is 0.0920. The predicted molar refractivity (Wildman–Crippen MR) is 50.3 cm³/mol. The molecule has 0 aromatic heterocycles. The maximum atomic E-state index is 8.93. The van der Waals surface area contributed by atoms with E-state index < -0.39 is 0 Å². The largest absolute Gasteiger partial charge is 0.395 e. The molecule has 0 unspecified atom stereocenters. The van der Waals surface area contributed by atoms with Crippen LogP contribution >= 0.6 is 0 Å². The second kappa shape index (κ2) is 3.95. The van der Waals surface area contributed by atoms with Gasteiger partial charge in [-0.2, -0.15) is 0 Å². The van der Waals surface area contributed by atoms with Crippen molar-refractivity contribution in [3.05, 3.63) is 0 Å². The molecule has 0 radical (unpaired) electrons.